The van der Waals surface area contributed by atoms with Gasteiger partial charge in [0.2, 0.25) is 5.91 Å². The fourth-order valence-electron chi connectivity index (χ4n) is 1.28. The number of anilines is 1. The van der Waals surface area contributed by atoms with Crippen LogP contribution in [0.1, 0.15) is 32.4 Å². The van der Waals surface area contributed by atoms with E-state index in [-0.39, 0.29) is 17.9 Å². The molecule has 0 aliphatic heterocycles. The molecule has 0 aromatic heterocycles. The Morgan fingerprint density at radius 3 is 2.40 bits per heavy atom. The van der Waals surface area contributed by atoms with Crippen LogP contribution >= 0.6 is 0 Å². The van der Waals surface area contributed by atoms with Gasteiger partial charge in [-0.2, -0.15) is 0 Å². The number of nitrogens with two attached hydrogens (primary N) is 1. The molecule has 1 atom stereocenters. The van der Waals surface area contributed by atoms with Gasteiger partial charge in [-0.15, -0.1) is 0 Å². The van der Waals surface area contributed by atoms with E-state index in [1.165, 1.54) is 0 Å². The first-order chi connectivity index (χ1) is 7.02. The predicted octanol–water partition coefficient (Wildman–Crippen LogP) is 2.30. The molecule has 1 rings (SSSR count). The van der Waals surface area contributed by atoms with E-state index in [1.54, 1.807) is 0 Å². The first-order valence-corrected chi connectivity index (χ1v) is 5.17. The largest absolute Gasteiger partial charge is 0.326 e. The van der Waals surface area contributed by atoms with Gasteiger partial charge in [-0.3, -0.25) is 4.79 Å². The Kier molecular flexibility index (Phi) is 3.86. The molecule has 15 heavy (non-hydrogen) atoms. The van der Waals surface area contributed by atoms with Crippen LogP contribution < -0.4 is 11.1 Å². The standard InChI is InChI=1S/C12H18N2O/c1-8(2)12(15)14-11-7-5-4-6-10(11)9(3)13/h4-9H,13H2,1-3H3,(H,14,15). The molecule has 1 aromatic carbocycles. The second-order valence-corrected chi connectivity index (χ2v) is 4.02. The average molecular weight is 206 g/mol. The highest BCUT2D eigenvalue weighted by molar-refractivity contribution is 5.92. The van der Waals surface area contributed by atoms with Crippen molar-refractivity contribution in [2.24, 2.45) is 11.7 Å². The summed E-state index contributed by atoms with van der Waals surface area (Å²) in [5, 5.41) is 2.87. The Hall–Kier alpha value is -1.35. The zero-order valence-electron chi connectivity index (χ0n) is 9.45. The average Bonchev–Trinajstić information content (AvgIpc) is 2.18. The first-order valence-electron chi connectivity index (χ1n) is 5.17. The lowest BCUT2D eigenvalue weighted by molar-refractivity contribution is -0.118. The van der Waals surface area contributed by atoms with Gasteiger partial charge in [0, 0.05) is 17.6 Å². The highest BCUT2D eigenvalue weighted by Crippen LogP contribution is 2.21. The summed E-state index contributed by atoms with van der Waals surface area (Å²) in [5.74, 6) is -0.00534. The zero-order valence-corrected chi connectivity index (χ0v) is 9.45. The van der Waals surface area contributed by atoms with Gasteiger partial charge in [0.25, 0.3) is 0 Å². The number of rotatable bonds is 3. The van der Waals surface area contributed by atoms with Crippen molar-refractivity contribution in [1.29, 1.82) is 0 Å². The molecule has 0 aliphatic rings. The van der Waals surface area contributed by atoms with Crippen LogP contribution in [0.5, 0.6) is 0 Å². The quantitative estimate of drug-likeness (QED) is 0.797. The van der Waals surface area contributed by atoms with Crippen molar-refractivity contribution in [2.75, 3.05) is 5.32 Å². The molecule has 0 aliphatic carbocycles. The van der Waals surface area contributed by atoms with Gasteiger partial charge < -0.3 is 11.1 Å². The van der Waals surface area contributed by atoms with E-state index in [4.69, 9.17) is 5.73 Å². The third-order valence-electron chi connectivity index (χ3n) is 2.23. The van der Waals surface area contributed by atoms with E-state index < -0.39 is 0 Å². The smallest absolute Gasteiger partial charge is 0.226 e. The molecule has 3 nitrogen and oxygen atoms in total. The number of benzene rings is 1. The van der Waals surface area contributed by atoms with Crippen molar-refractivity contribution in [3.8, 4) is 0 Å². The van der Waals surface area contributed by atoms with Crippen LogP contribution in [0.4, 0.5) is 5.69 Å². The van der Waals surface area contributed by atoms with Crippen LogP contribution in [0.3, 0.4) is 0 Å². The SMILES string of the molecule is CC(C)C(=O)Nc1ccccc1C(C)N. The molecule has 0 bridgehead atoms. The van der Waals surface area contributed by atoms with Gasteiger partial charge in [-0.05, 0) is 18.6 Å². The highest BCUT2D eigenvalue weighted by Gasteiger charge is 2.11. The van der Waals surface area contributed by atoms with Crippen molar-refractivity contribution in [1.82, 2.24) is 0 Å². The van der Waals surface area contributed by atoms with Crippen LogP contribution in [0.2, 0.25) is 0 Å². The Labute approximate surface area is 90.7 Å². The zero-order chi connectivity index (χ0) is 11.4. The van der Waals surface area contributed by atoms with E-state index in [0.29, 0.717) is 0 Å². The summed E-state index contributed by atoms with van der Waals surface area (Å²) in [5.41, 5.74) is 7.59. The fourth-order valence-corrected chi connectivity index (χ4v) is 1.28. The normalized spacial score (nSPS) is 12.6. The Bertz CT molecular complexity index is 345. The topological polar surface area (TPSA) is 55.1 Å². The van der Waals surface area contributed by atoms with Crippen LogP contribution in [-0.4, -0.2) is 5.91 Å². The summed E-state index contributed by atoms with van der Waals surface area (Å²) in [6, 6.07) is 7.54. The number of hydrogen-bond donors (Lipinski definition) is 2. The number of para-hydroxylation sites is 1. The van der Waals surface area contributed by atoms with E-state index in [0.717, 1.165) is 11.3 Å². The maximum atomic E-state index is 11.5. The van der Waals surface area contributed by atoms with Crippen LogP contribution in [-0.2, 0) is 4.79 Å². The molecule has 0 fully saturated rings. The van der Waals surface area contributed by atoms with Crippen molar-refractivity contribution < 1.29 is 4.79 Å². The highest BCUT2D eigenvalue weighted by atomic mass is 16.1. The fraction of sp³-hybridized carbons (Fsp3) is 0.417. The van der Waals surface area contributed by atoms with Crippen molar-refractivity contribution in [2.45, 2.75) is 26.8 Å². The molecule has 1 unspecified atom stereocenters. The summed E-state index contributed by atoms with van der Waals surface area (Å²) >= 11 is 0. The molecule has 0 spiro atoms. The molecule has 82 valence electrons. The van der Waals surface area contributed by atoms with Gasteiger partial charge in [0.05, 0.1) is 0 Å². The Balaban J connectivity index is 2.89. The lowest BCUT2D eigenvalue weighted by Gasteiger charge is -2.14. The van der Waals surface area contributed by atoms with Gasteiger partial charge in [0.15, 0.2) is 0 Å². The molecular formula is C12H18N2O. The summed E-state index contributed by atoms with van der Waals surface area (Å²) in [4.78, 5) is 11.5. The van der Waals surface area contributed by atoms with E-state index in [9.17, 15) is 4.79 Å². The maximum absolute atomic E-state index is 11.5. The van der Waals surface area contributed by atoms with E-state index >= 15 is 0 Å². The van der Waals surface area contributed by atoms with Crippen molar-refractivity contribution in [3.63, 3.8) is 0 Å². The number of carbonyl (C=O) groups excluding carboxylic acids is 1. The number of amides is 1. The third-order valence-corrected chi connectivity index (χ3v) is 2.23. The van der Waals surface area contributed by atoms with Gasteiger partial charge >= 0.3 is 0 Å². The molecule has 3 N–H and O–H groups in total. The molecule has 0 heterocycles. The second kappa shape index (κ2) is 4.94. The summed E-state index contributed by atoms with van der Waals surface area (Å²) < 4.78 is 0. The third kappa shape index (κ3) is 3.06. The second-order valence-electron chi connectivity index (χ2n) is 4.02. The van der Waals surface area contributed by atoms with Gasteiger partial charge in [0.1, 0.15) is 0 Å². The number of hydrogen-bond acceptors (Lipinski definition) is 2. The lowest BCUT2D eigenvalue weighted by Crippen LogP contribution is -2.20. The van der Waals surface area contributed by atoms with Crippen LogP contribution in [0, 0.1) is 5.92 Å². The van der Waals surface area contributed by atoms with Crippen LogP contribution in [0.15, 0.2) is 24.3 Å². The minimum atomic E-state index is -0.0753. The maximum Gasteiger partial charge on any atom is 0.226 e. The summed E-state index contributed by atoms with van der Waals surface area (Å²) in [6.07, 6.45) is 0. The first kappa shape index (κ1) is 11.7. The minimum absolute atomic E-state index is 0.0168. The van der Waals surface area contributed by atoms with E-state index in [2.05, 4.69) is 5.32 Å². The number of nitrogens with one attached hydrogen (secondary N) is 1. The van der Waals surface area contributed by atoms with Crippen molar-refractivity contribution >= 4 is 11.6 Å². The molecule has 1 amide bonds. The number of carbonyl (C=O) groups is 1. The molecule has 0 saturated heterocycles. The van der Waals surface area contributed by atoms with Gasteiger partial charge in [-0.1, -0.05) is 32.0 Å². The van der Waals surface area contributed by atoms with Crippen LogP contribution in [0.25, 0.3) is 0 Å². The Morgan fingerprint density at radius 2 is 1.87 bits per heavy atom. The molecule has 0 saturated carbocycles. The predicted molar refractivity (Wildman–Crippen MR) is 62.5 cm³/mol. The molecule has 0 radical (unpaired) electrons. The Morgan fingerprint density at radius 1 is 1.27 bits per heavy atom. The van der Waals surface area contributed by atoms with Gasteiger partial charge in [-0.25, -0.2) is 0 Å². The molecule has 1 aromatic rings. The summed E-state index contributed by atoms with van der Waals surface area (Å²) in [6.45, 7) is 5.63. The minimum Gasteiger partial charge on any atom is -0.326 e. The summed E-state index contributed by atoms with van der Waals surface area (Å²) in [7, 11) is 0. The molecular weight excluding hydrogens is 188 g/mol. The van der Waals surface area contributed by atoms with E-state index in [1.807, 2.05) is 45.0 Å². The van der Waals surface area contributed by atoms with Crippen molar-refractivity contribution in [3.05, 3.63) is 29.8 Å². The lowest BCUT2D eigenvalue weighted by atomic mass is 10.1. The monoisotopic (exact) mass is 206 g/mol. The molecule has 3 heteroatoms.